The third-order valence-electron chi connectivity index (χ3n) is 3.89. The van der Waals surface area contributed by atoms with E-state index in [9.17, 15) is 13.2 Å². The van der Waals surface area contributed by atoms with Crippen LogP contribution in [0, 0.1) is 0 Å². The zero-order valence-corrected chi connectivity index (χ0v) is 14.2. The van der Waals surface area contributed by atoms with E-state index in [1.165, 1.54) is 23.7 Å². The fraction of sp³-hybridized carbons (Fsp3) is 0.500. The molecule has 4 nitrogen and oxygen atoms in total. The van der Waals surface area contributed by atoms with Crippen LogP contribution in [-0.2, 0) is 10.9 Å². The van der Waals surface area contributed by atoms with Gasteiger partial charge in [0.2, 0.25) is 5.13 Å². The molecule has 8 heteroatoms. The second-order valence-corrected chi connectivity index (χ2v) is 6.75. The van der Waals surface area contributed by atoms with Crippen LogP contribution in [0.15, 0.2) is 24.3 Å². The predicted molar refractivity (Wildman–Crippen MR) is 86.3 cm³/mol. The minimum Gasteiger partial charge on any atom is -0.370 e. The summed E-state index contributed by atoms with van der Waals surface area (Å²) in [7, 11) is 0. The number of alkyl halides is 3. The quantitative estimate of drug-likeness (QED) is 0.823. The number of hydrogen-bond donors (Lipinski definition) is 0. The molecule has 0 radical (unpaired) electrons. The lowest BCUT2D eigenvalue weighted by molar-refractivity contribution is -0.137. The van der Waals surface area contributed by atoms with Gasteiger partial charge in [0.1, 0.15) is 11.9 Å². The number of anilines is 1. The Labute approximate surface area is 142 Å². The fourth-order valence-corrected chi connectivity index (χ4v) is 3.34. The molecule has 0 amide bonds. The van der Waals surface area contributed by atoms with Gasteiger partial charge in [-0.1, -0.05) is 26.0 Å². The summed E-state index contributed by atoms with van der Waals surface area (Å²) in [4.78, 5) is 6.62. The van der Waals surface area contributed by atoms with Crippen molar-refractivity contribution in [1.29, 1.82) is 0 Å². The van der Waals surface area contributed by atoms with E-state index in [-0.39, 0.29) is 12.0 Å². The molecule has 0 N–H and O–H groups in total. The Balaban J connectivity index is 1.73. The van der Waals surface area contributed by atoms with E-state index < -0.39 is 11.7 Å². The smallest absolute Gasteiger partial charge is 0.370 e. The largest absolute Gasteiger partial charge is 0.416 e. The van der Waals surface area contributed by atoms with Crippen LogP contribution < -0.4 is 4.90 Å². The van der Waals surface area contributed by atoms with E-state index in [0.29, 0.717) is 19.7 Å². The number of nitrogens with zero attached hydrogens (tertiary/aromatic N) is 3. The Bertz CT molecular complexity index is 685. The zero-order chi connectivity index (χ0) is 17.3. The van der Waals surface area contributed by atoms with E-state index in [4.69, 9.17) is 4.74 Å². The van der Waals surface area contributed by atoms with E-state index in [1.807, 2.05) is 13.8 Å². The zero-order valence-electron chi connectivity index (χ0n) is 13.4. The Morgan fingerprint density at radius 3 is 2.54 bits per heavy atom. The molecule has 0 spiro atoms. The third kappa shape index (κ3) is 3.70. The van der Waals surface area contributed by atoms with Crippen molar-refractivity contribution < 1.29 is 17.9 Å². The van der Waals surface area contributed by atoms with Gasteiger partial charge in [0.05, 0.1) is 18.7 Å². The summed E-state index contributed by atoms with van der Waals surface area (Å²) >= 11 is 1.35. The summed E-state index contributed by atoms with van der Waals surface area (Å²) in [5, 5.41) is 0.832. The van der Waals surface area contributed by atoms with Crippen molar-refractivity contribution in [3.05, 3.63) is 41.2 Å². The number of halogens is 3. The molecule has 2 heterocycles. The summed E-state index contributed by atoms with van der Waals surface area (Å²) in [5.41, 5.74) is 0.0888. The normalized spacial score (nSPS) is 19.1. The highest BCUT2D eigenvalue weighted by atomic mass is 32.1. The highest BCUT2D eigenvalue weighted by Crippen LogP contribution is 2.32. The fourth-order valence-electron chi connectivity index (χ4n) is 2.50. The van der Waals surface area contributed by atoms with Crippen LogP contribution in [0.5, 0.6) is 0 Å². The maximum Gasteiger partial charge on any atom is 0.416 e. The molecule has 2 aromatic rings. The van der Waals surface area contributed by atoms with Crippen molar-refractivity contribution >= 4 is 16.7 Å². The SMILES string of the molecule is CC(C)c1nsc(N2CCOC(c3ccc(C(F)(F)F)cc3)C2)n1. The average Bonchev–Trinajstić information content (AvgIpc) is 3.05. The van der Waals surface area contributed by atoms with Crippen molar-refractivity contribution in [2.24, 2.45) is 0 Å². The maximum absolute atomic E-state index is 12.7. The van der Waals surface area contributed by atoms with Gasteiger partial charge in [0.15, 0.2) is 0 Å². The lowest BCUT2D eigenvalue weighted by Crippen LogP contribution is -2.38. The number of hydrogen-bond acceptors (Lipinski definition) is 5. The maximum atomic E-state index is 12.7. The summed E-state index contributed by atoms with van der Waals surface area (Å²) < 4.78 is 48.1. The van der Waals surface area contributed by atoms with Crippen molar-refractivity contribution in [3.63, 3.8) is 0 Å². The highest BCUT2D eigenvalue weighted by Gasteiger charge is 2.31. The number of aromatic nitrogens is 2. The molecule has 0 saturated carbocycles. The van der Waals surface area contributed by atoms with Gasteiger partial charge in [0, 0.05) is 24.0 Å². The third-order valence-corrected chi connectivity index (χ3v) is 4.69. The van der Waals surface area contributed by atoms with Gasteiger partial charge in [-0.3, -0.25) is 0 Å². The van der Waals surface area contributed by atoms with Crippen molar-refractivity contribution in [1.82, 2.24) is 9.36 Å². The number of rotatable bonds is 3. The Hall–Kier alpha value is -1.67. The molecule has 1 aliphatic rings. The summed E-state index contributed by atoms with van der Waals surface area (Å²) in [6, 6.07) is 5.16. The van der Waals surface area contributed by atoms with E-state index in [0.717, 1.165) is 28.7 Å². The Kier molecular flexibility index (Phi) is 4.78. The Morgan fingerprint density at radius 2 is 1.96 bits per heavy atom. The molecular weight excluding hydrogens is 339 g/mol. The van der Waals surface area contributed by atoms with Gasteiger partial charge in [-0.2, -0.15) is 17.5 Å². The minimum atomic E-state index is -4.32. The summed E-state index contributed by atoms with van der Waals surface area (Å²) in [5.74, 6) is 1.08. The minimum absolute atomic E-state index is 0.266. The first-order valence-electron chi connectivity index (χ1n) is 7.72. The van der Waals surface area contributed by atoms with Gasteiger partial charge in [-0.15, -0.1) is 0 Å². The van der Waals surface area contributed by atoms with Crippen molar-refractivity contribution in [2.45, 2.75) is 32.0 Å². The van der Waals surface area contributed by atoms with Gasteiger partial charge in [-0.25, -0.2) is 4.98 Å². The van der Waals surface area contributed by atoms with E-state index >= 15 is 0 Å². The first-order valence-corrected chi connectivity index (χ1v) is 8.49. The molecule has 1 aliphatic heterocycles. The average molecular weight is 357 g/mol. The second-order valence-electron chi connectivity index (χ2n) is 6.02. The van der Waals surface area contributed by atoms with E-state index in [2.05, 4.69) is 14.3 Å². The molecule has 1 unspecified atom stereocenters. The first kappa shape index (κ1) is 17.2. The number of morpholine rings is 1. The molecule has 130 valence electrons. The van der Waals surface area contributed by atoms with Gasteiger partial charge < -0.3 is 9.64 Å². The molecule has 1 atom stereocenters. The Morgan fingerprint density at radius 1 is 1.25 bits per heavy atom. The van der Waals surface area contributed by atoms with Gasteiger partial charge in [0.25, 0.3) is 0 Å². The molecule has 1 aromatic carbocycles. The molecule has 24 heavy (non-hydrogen) atoms. The molecule has 0 aliphatic carbocycles. The molecule has 1 aromatic heterocycles. The predicted octanol–water partition coefficient (Wildman–Crippen LogP) is 4.26. The topological polar surface area (TPSA) is 38.2 Å². The highest BCUT2D eigenvalue weighted by molar-refractivity contribution is 7.09. The van der Waals surface area contributed by atoms with Crippen LogP contribution in [0.1, 0.15) is 42.8 Å². The molecule has 1 saturated heterocycles. The van der Waals surface area contributed by atoms with Crippen LogP contribution >= 0.6 is 11.5 Å². The number of benzene rings is 1. The second kappa shape index (κ2) is 6.68. The standard InChI is InChI=1S/C16H18F3N3OS/c1-10(2)14-20-15(24-21-14)22-7-8-23-13(9-22)11-3-5-12(6-4-11)16(17,18)19/h3-6,10,13H,7-9H2,1-2H3. The van der Waals surface area contributed by atoms with E-state index in [1.54, 1.807) is 0 Å². The monoisotopic (exact) mass is 357 g/mol. The summed E-state index contributed by atoms with van der Waals surface area (Å²) in [6.07, 6.45) is -4.59. The summed E-state index contributed by atoms with van der Waals surface area (Å²) in [6.45, 7) is 5.83. The molecule has 0 bridgehead atoms. The van der Waals surface area contributed by atoms with Crippen LogP contribution in [-0.4, -0.2) is 29.1 Å². The van der Waals surface area contributed by atoms with Gasteiger partial charge >= 0.3 is 6.18 Å². The van der Waals surface area contributed by atoms with Crippen molar-refractivity contribution in [3.8, 4) is 0 Å². The molecular formula is C16H18F3N3OS. The first-order chi connectivity index (χ1) is 11.3. The van der Waals surface area contributed by atoms with Crippen LogP contribution in [0.4, 0.5) is 18.3 Å². The number of ether oxygens (including phenoxy) is 1. The van der Waals surface area contributed by atoms with Crippen LogP contribution in [0.25, 0.3) is 0 Å². The molecule has 3 rings (SSSR count). The lowest BCUT2D eigenvalue weighted by Gasteiger charge is -2.32. The van der Waals surface area contributed by atoms with Crippen molar-refractivity contribution in [2.75, 3.05) is 24.6 Å². The van der Waals surface area contributed by atoms with Crippen LogP contribution in [0.2, 0.25) is 0 Å². The molecule has 1 fully saturated rings. The van der Waals surface area contributed by atoms with Crippen LogP contribution in [0.3, 0.4) is 0 Å². The van der Waals surface area contributed by atoms with Gasteiger partial charge in [-0.05, 0) is 17.7 Å². The lowest BCUT2D eigenvalue weighted by atomic mass is 10.1.